The number of carbonyl (C=O) groups is 2. The molecule has 0 bridgehead atoms. The highest BCUT2D eigenvalue weighted by atomic mass is 16.5. The van der Waals surface area contributed by atoms with Gasteiger partial charge < -0.3 is 14.8 Å². The third-order valence-electron chi connectivity index (χ3n) is 3.63. The number of hydrogen-bond donors (Lipinski definition) is 1. The van der Waals surface area contributed by atoms with Crippen LogP contribution in [-0.2, 0) is 20.7 Å². The number of benzene rings is 1. The average Bonchev–Trinajstić information content (AvgIpc) is 2.53. The van der Waals surface area contributed by atoms with Gasteiger partial charge in [0.2, 0.25) is 5.91 Å². The normalized spacial score (nSPS) is 13.1. The van der Waals surface area contributed by atoms with E-state index in [9.17, 15) is 9.59 Å². The van der Waals surface area contributed by atoms with Crippen LogP contribution in [0, 0.1) is 0 Å². The second-order valence-corrected chi connectivity index (χ2v) is 5.30. The predicted molar refractivity (Wildman–Crippen MR) is 84.8 cm³/mol. The van der Waals surface area contributed by atoms with Crippen molar-refractivity contribution in [1.82, 2.24) is 5.32 Å². The highest BCUT2D eigenvalue weighted by molar-refractivity contribution is 5.87. The first-order chi connectivity index (χ1) is 10.4. The molecule has 1 N–H and O–H groups in total. The molecule has 0 radical (unpaired) electrons. The van der Waals surface area contributed by atoms with Gasteiger partial charge in [0, 0.05) is 6.42 Å². The molecule has 1 amide bonds. The van der Waals surface area contributed by atoms with Gasteiger partial charge in [0.15, 0.2) is 0 Å². The first-order valence-electron chi connectivity index (χ1n) is 7.56. The summed E-state index contributed by atoms with van der Waals surface area (Å²) in [6.07, 6.45) is 1.41. The Labute approximate surface area is 132 Å². The van der Waals surface area contributed by atoms with Crippen LogP contribution in [-0.4, -0.2) is 31.1 Å². The number of rotatable bonds is 8. The standard InChI is InChI=1S/C17H25NO4/c1-5-17(3,16(20)21-4)18-15(19)12-9-13-7-10-14(11-8-13)22-6-2/h7-8,10-11H,5-6,9,12H2,1-4H3,(H,18,19)/t17-/m1/s1. The van der Waals surface area contributed by atoms with Crippen LogP contribution in [0.3, 0.4) is 0 Å². The molecule has 1 rings (SSSR count). The fourth-order valence-electron chi connectivity index (χ4n) is 2.06. The molecule has 0 aliphatic carbocycles. The third kappa shape index (κ3) is 5.06. The van der Waals surface area contributed by atoms with Gasteiger partial charge in [0.25, 0.3) is 0 Å². The Morgan fingerprint density at radius 3 is 2.32 bits per heavy atom. The van der Waals surface area contributed by atoms with Gasteiger partial charge in [0.1, 0.15) is 11.3 Å². The van der Waals surface area contributed by atoms with Crippen LogP contribution in [0.1, 0.15) is 39.2 Å². The monoisotopic (exact) mass is 307 g/mol. The van der Waals surface area contributed by atoms with Gasteiger partial charge in [-0.2, -0.15) is 0 Å². The molecule has 0 saturated heterocycles. The zero-order chi connectivity index (χ0) is 16.6. The predicted octanol–water partition coefficient (Wildman–Crippen LogP) is 2.48. The van der Waals surface area contributed by atoms with Crippen molar-refractivity contribution < 1.29 is 19.1 Å². The van der Waals surface area contributed by atoms with Crippen molar-refractivity contribution in [2.24, 2.45) is 0 Å². The first-order valence-corrected chi connectivity index (χ1v) is 7.56. The maximum atomic E-state index is 12.0. The zero-order valence-corrected chi connectivity index (χ0v) is 13.8. The van der Waals surface area contributed by atoms with Gasteiger partial charge in [-0.15, -0.1) is 0 Å². The van der Waals surface area contributed by atoms with E-state index in [1.165, 1.54) is 7.11 Å². The molecule has 0 spiro atoms. The van der Waals surface area contributed by atoms with Gasteiger partial charge in [0.05, 0.1) is 13.7 Å². The first kappa shape index (κ1) is 18.0. The molecule has 5 heteroatoms. The minimum absolute atomic E-state index is 0.163. The van der Waals surface area contributed by atoms with Crippen molar-refractivity contribution in [1.29, 1.82) is 0 Å². The molecular formula is C17H25NO4. The molecule has 0 saturated carbocycles. The molecule has 122 valence electrons. The van der Waals surface area contributed by atoms with Crippen molar-refractivity contribution >= 4 is 11.9 Å². The van der Waals surface area contributed by atoms with Crippen LogP contribution in [0.25, 0.3) is 0 Å². The largest absolute Gasteiger partial charge is 0.494 e. The number of carbonyl (C=O) groups excluding carboxylic acids is 2. The number of ether oxygens (including phenoxy) is 2. The molecule has 0 fully saturated rings. The van der Waals surface area contributed by atoms with E-state index in [-0.39, 0.29) is 5.91 Å². The van der Waals surface area contributed by atoms with Gasteiger partial charge >= 0.3 is 5.97 Å². The van der Waals surface area contributed by atoms with Gasteiger partial charge in [-0.1, -0.05) is 19.1 Å². The van der Waals surface area contributed by atoms with E-state index in [2.05, 4.69) is 5.32 Å². The van der Waals surface area contributed by atoms with Crippen LogP contribution in [0.2, 0.25) is 0 Å². The number of hydrogen-bond acceptors (Lipinski definition) is 4. The Kier molecular flexibility index (Phi) is 6.89. The van der Waals surface area contributed by atoms with E-state index in [1.54, 1.807) is 6.92 Å². The lowest BCUT2D eigenvalue weighted by Gasteiger charge is -2.26. The number of methoxy groups -OCH3 is 1. The summed E-state index contributed by atoms with van der Waals surface area (Å²) in [4.78, 5) is 23.8. The quantitative estimate of drug-likeness (QED) is 0.749. The van der Waals surface area contributed by atoms with Crippen molar-refractivity contribution in [3.8, 4) is 5.75 Å². The number of nitrogens with one attached hydrogen (secondary N) is 1. The summed E-state index contributed by atoms with van der Waals surface area (Å²) in [5, 5.41) is 2.76. The fourth-order valence-corrected chi connectivity index (χ4v) is 2.06. The fraction of sp³-hybridized carbons (Fsp3) is 0.529. The van der Waals surface area contributed by atoms with Crippen LogP contribution in [0.15, 0.2) is 24.3 Å². The highest BCUT2D eigenvalue weighted by Crippen LogP contribution is 2.15. The summed E-state index contributed by atoms with van der Waals surface area (Å²) >= 11 is 0. The third-order valence-corrected chi connectivity index (χ3v) is 3.63. The van der Waals surface area contributed by atoms with Crippen molar-refractivity contribution in [3.05, 3.63) is 29.8 Å². The van der Waals surface area contributed by atoms with E-state index in [4.69, 9.17) is 9.47 Å². The van der Waals surface area contributed by atoms with Crippen molar-refractivity contribution in [3.63, 3.8) is 0 Å². The topological polar surface area (TPSA) is 64.6 Å². The van der Waals surface area contributed by atoms with Gasteiger partial charge in [-0.05, 0) is 44.4 Å². The Bertz CT molecular complexity index is 498. The second-order valence-electron chi connectivity index (χ2n) is 5.30. The van der Waals surface area contributed by atoms with E-state index in [1.807, 2.05) is 38.1 Å². The summed E-state index contributed by atoms with van der Waals surface area (Å²) in [6.45, 7) is 6.08. The van der Waals surface area contributed by atoms with E-state index >= 15 is 0 Å². The molecule has 0 aromatic heterocycles. The SMILES string of the molecule is CCOc1ccc(CCC(=O)N[C@](C)(CC)C(=O)OC)cc1. The van der Waals surface area contributed by atoms with Crippen molar-refractivity contribution in [2.75, 3.05) is 13.7 Å². The molecule has 1 atom stereocenters. The molecular weight excluding hydrogens is 282 g/mol. The smallest absolute Gasteiger partial charge is 0.331 e. The van der Waals surface area contributed by atoms with Crippen LogP contribution in [0.5, 0.6) is 5.75 Å². The summed E-state index contributed by atoms with van der Waals surface area (Å²) in [7, 11) is 1.32. The van der Waals surface area contributed by atoms with Crippen molar-refractivity contribution in [2.45, 2.75) is 45.6 Å². The molecule has 5 nitrogen and oxygen atoms in total. The second kappa shape index (κ2) is 8.41. The van der Waals surface area contributed by atoms with Crippen LogP contribution < -0.4 is 10.1 Å². The summed E-state index contributed by atoms with van der Waals surface area (Å²) < 4.78 is 10.1. The molecule has 0 aliphatic rings. The number of esters is 1. The van der Waals surface area contributed by atoms with Crippen LogP contribution >= 0.6 is 0 Å². The van der Waals surface area contributed by atoms with E-state index in [0.717, 1.165) is 11.3 Å². The highest BCUT2D eigenvalue weighted by Gasteiger charge is 2.33. The Morgan fingerprint density at radius 2 is 1.82 bits per heavy atom. The lowest BCUT2D eigenvalue weighted by molar-refractivity contribution is -0.150. The minimum atomic E-state index is -0.968. The number of aryl methyl sites for hydroxylation is 1. The van der Waals surface area contributed by atoms with E-state index in [0.29, 0.717) is 25.9 Å². The Morgan fingerprint density at radius 1 is 1.18 bits per heavy atom. The number of amides is 1. The molecule has 0 heterocycles. The zero-order valence-electron chi connectivity index (χ0n) is 13.8. The molecule has 22 heavy (non-hydrogen) atoms. The Hall–Kier alpha value is -2.04. The lowest BCUT2D eigenvalue weighted by atomic mass is 9.98. The Balaban J connectivity index is 2.53. The minimum Gasteiger partial charge on any atom is -0.494 e. The molecule has 1 aromatic rings. The lowest BCUT2D eigenvalue weighted by Crippen LogP contribution is -2.52. The summed E-state index contributed by atoms with van der Waals surface area (Å²) in [6, 6.07) is 7.66. The maximum Gasteiger partial charge on any atom is 0.331 e. The summed E-state index contributed by atoms with van der Waals surface area (Å²) in [5.74, 6) is 0.230. The summed E-state index contributed by atoms with van der Waals surface area (Å²) in [5.41, 5.74) is 0.0832. The average molecular weight is 307 g/mol. The van der Waals surface area contributed by atoms with Gasteiger partial charge in [-0.3, -0.25) is 4.79 Å². The maximum absolute atomic E-state index is 12.0. The van der Waals surface area contributed by atoms with Gasteiger partial charge in [-0.25, -0.2) is 4.79 Å². The molecule has 0 unspecified atom stereocenters. The van der Waals surface area contributed by atoms with Crippen LogP contribution in [0.4, 0.5) is 0 Å². The molecule has 0 aliphatic heterocycles. The molecule has 1 aromatic carbocycles. The van der Waals surface area contributed by atoms with E-state index < -0.39 is 11.5 Å².